The van der Waals surface area contributed by atoms with Crippen LogP contribution >= 0.6 is 0 Å². The first kappa shape index (κ1) is 16.5. The van der Waals surface area contributed by atoms with Crippen LogP contribution in [0.1, 0.15) is 11.3 Å². The minimum atomic E-state index is -3.31. The first-order chi connectivity index (χ1) is 10.2. The van der Waals surface area contributed by atoms with Crippen LogP contribution in [0.2, 0.25) is 0 Å². The quantitative estimate of drug-likeness (QED) is 0.860. The summed E-state index contributed by atoms with van der Waals surface area (Å²) in [6, 6.07) is 4.25. The Morgan fingerprint density at radius 1 is 1.41 bits per heavy atom. The fourth-order valence-corrected chi connectivity index (χ4v) is 3.28. The van der Waals surface area contributed by atoms with Gasteiger partial charge in [0.15, 0.2) is 9.84 Å². The lowest BCUT2D eigenvalue weighted by atomic mass is 10.0. The van der Waals surface area contributed by atoms with Crippen molar-refractivity contribution in [3.63, 3.8) is 0 Å². The number of rotatable bonds is 5. The van der Waals surface area contributed by atoms with E-state index in [1.165, 1.54) is 0 Å². The monoisotopic (exact) mass is 324 g/mol. The van der Waals surface area contributed by atoms with Crippen LogP contribution in [0.25, 0.3) is 10.9 Å². The highest BCUT2D eigenvalue weighted by Crippen LogP contribution is 2.28. The number of hydrogen-bond donors (Lipinski definition) is 2. The molecule has 0 aliphatic rings. The molecule has 0 aliphatic carbocycles. The molecular formula is C15H20N2O4S. The van der Waals surface area contributed by atoms with Gasteiger partial charge in [-0.15, -0.1) is 0 Å². The van der Waals surface area contributed by atoms with E-state index in [0.717, 1.165) is 28.4 Å². The van der Waals surface area contributed by atoms with Crippen LogP contribution in [0.15, 0.2) is 23.1 Å². The van der Waals surface area contributed by atoms with E-state index < -0.39 is 21.8 Å². The predicted octanol–water partition coefficient (Wildman–Crippen LogP) is 1.11. The van der Waals surface area contributed by atoms with Crippen LogP contribution in [0.5, 0.6) is 0 Å². The molecule has 120 valence electrons. The van der Waals surface area contributed by atoms with Gasteiger partial charge in [0.1, 0.15) is 6.04 Å². The van der Waals surface area contributed by atoms with Crippen LogP contribution in [-0.4, -0.2) is 43.4 Å². The molecule has 1 heterocycles. The maximum absolute atomic E-state index is 11.8. The van der Waals surface area contributed by atoms with Gasteiger partial charge < -0.3 is 15.0 Å². The van der Waals surface area contributed by atoms with Crippen LogP contribution in [0, 0.1) is 6.92 Å². The minimum Gasteiger partial charge on any atom is -0.480 e. The minimum absolute atomic E-state index is 0.239. The summed E-state index contributed by atoms with van der Waals surface area (Å²) < 4.78 is 25.5. The maximum Gasteiger partial charge on any atom is 0.321 e. The number of fused-ring (bicyclic) bond motifs is 1. The smallest absolute Gasteiger partial charge is 0.321 e. The highest BCUT2D eigenvalue weighted by molar-refractivity contribution is 7.90. The van der Waals surface area contributed by atoms with E-state index in [-0.39, 0.29) is 4.90 Å². The molecule has 1 atom stereocenters. The van der Waals surface area contributed by atoms with E-state index in [9.17, 15) is 18.3 Å². The van der Waals surface area contributed by atoms with Gasteiger partial charge in [-0.25, -0.2) is 8.42 Å². The number of aliphatic carboxylic acids is 1. The van der Waals surface area contributed by atoms with Gasteiger partial charge in [-0.05, 0) is 37.7 Å². The lowest BCUT2D eigenvalue weighted by Crippen LogP contribution is -2.35. The molecule has 7 heteroatoms. The first-order valence-corrected chi connectivity index (χ1v) is 8.74. The van der Waals surface area contributed by atoms with E-state index in [2.05, 4.69) is 5.32 Å². The molecule has 1 aromatic carbocycles. The Labute approximate surface area is 129 Å². The molecule has 2 aromatic rings. The van der Waals surface area contributed by atoms with Crippen molar-refractivity contribution in [1.82, 2.24) is 9.88 Å². The van der Waals surface area contributed by atoms with Gasteiger partial charge in [-0.1, -0.05) is 0 Å². The summed E-state index contributed by atoms with van der Waals surface area (Å²) >= 11 is 0. The second-order valence-corrected chi connectivity index (χ2v) is 7.47. The second kappa shape index (κ2) is 5.73. The highest BCUT2D eigenvalue weighted by Gasteiger charge is 2.21. The molecule has 22 heavy (non-hydrogen) atoms. The van der Waals surface area contributed by atoms with Crippen LogP contribution in [0.4, 0.5) is 0 Å². The molecule has 0 saturated heterocycles. The number of carboxylic acids is 1. The number of carboxylic acid groups (broad SMARTS) is 1. The Morgan fingerprint density at radius 3 is 2.55 bits per heavy atom. The number of carbonyl (C=O) groups is 1. The van der Waals surface area contributed by atoms with Crippen LogP contribution in [-0.2, 0) is 28.1 Å². The van der Waals surface area contributed by atoms with Crippen molar-refractivity contribution in [2.24, 2.45) is 7.05 Å². The number of nitrogens with zero attached hydrogens (tertiary/aromatic N) is 1. The molecule has 2 rings (SSSR count). The Bertz CT molecular complexity index is 837. The van der Waals surface area contributed by atoms with Gasteiger partial charge in [-0.3, -0.25) is 4.79 Å². The molecule has 1 unspecified atom stereocenters. The highest BCUT2D eigenvalue weighted by atomic mass is 32.2. The topological polar surface area (TPSA) is 88.4 Å². The molecule has 2 N–H and O–H groups in total. The number of sulfone groups is 1. The van der Waals surface area contributed by atoms with Gasteiger partial charge >= 0.3 is 5.97 Å². The molecule has 1 aromatic heterocycles. The molecule has 0 aliphatic heterocycles. The summed E-state index contributed by atoms with van der Waals surface area (Å²) in [5.41, 5.74) is 2.67. The first-order valence-electron chi connectivity index (χ1n) is 6.85. The van der Waals surface area contributed by atoms with Crippen molar-refractivity contribution in [2.45, 2.75) is 24.3 Å². The molecule has 0 saturated carbocycles. The maximum atomic E-state index is 11.8. The number of hydrogen-bond acceptors (Lipinski definition) is 4. The van der Waals surface area contributed by atoms with Gasteiger partial charge in [-0.2, -0.15) is 0 Å². The van der Waals surface area contributed by atoms with E-state index in [1.807, 2.05) is 18.5 Å². The van der Waals surface area contributed by atoms with E-state index >= 15 is 0 Å². The fourth-order valence-electron chi connectivity index (χ4n) is 2.63. The number of nitrogens with one attached hydrogen (secondary N) is 1. The number of aryl methyl sites for hydroxylation is 1. The fraction of sp³-hybridized carbons (Fsp3) is 0.400. The third-order valence-corrected chi connectivity index (χ3v) is 5.19. The Hall–Kier alpha value is -1.86. The zero-order valence-corrected chi connectivity index (χ0v) is 13.9. The van der Waals surface area contributed by atoms with Crippen molar-refractivity contribution in [3.8, 4) is 0 Å². The number of likely N-dealkylation sites (N-methyl/N-ethyl adjacent to an activating group) is 1. The van der Waals surface area contributed by atoms with Gasteiger partial charge in [0, 0.05) is 36.3 Å². The van der Waals surface area contributed by atoms with Crippen molar-refractivity contribution in [2.75, 3.05) is 13.3 Å². The Morgan fingerprint density at radius 2 is 2.05 bits per heavy atom. The van der Waals surface area contributed by atoms with Gasteiger partial charge in [0.2, 0.25) is 0 Å². The summed E-state index contributed by atoms with van der Waals surface area (Å²) in [5.74, 6) is -0.932. The van der Waals surface area contributed by atoms with Crippen LogP contribution < -0.4 is 5.32 Å². The summed E-state index contributed by atoms with van der Waals surface area (Å²) in [6.45, 7) is 1.91. The normalized spacial score (nSPS) is 13.5. The van der Waals surface area contributed by atoms with Crippen molar-refractivity contribution >= 4 is 26.7 Å². The average molecular weight is 324 g/mol. The molecule has 0 bridgehead atoms. The molecule has 0 radical (unpaired) electrons. The zero-order chi connectivity index (χ0) is 16.7. The summed E-state index contributed by atoms with van der Waals surface area (Å²) in [4.78, 5) is 11.5. The SMILES string of the molecule is CNC(Cc1c(C)n(C)c2ccc(S(C)(=O)=O)cc12)C(=O)O. The average Bonchev–Trinajstić information content (AvgIpc) is 2.67. The molecule has 6 nitrogen and oxygen atoms in total. The largest absolute Gasteiger partial charge is 0.480 e. The van der Waals surface area contributed by atoms with E-state index in [1.54, 1.807) is 25.2 Å². The summed E-state index contributed by atoms with van der Waals surface area (Å²) in [5, 5.41) is 12.8. The van der Waals surface area contributed by atoms with Crippen molar-refractivity contribution in [1.29, 1.82) is 0 Å². The zero-order valence-electron chi connectivity index (χ0n) is 13.0. The third kappa shape index (κ3) is 2.86. The number of aromatic nitrogens is 1. The van der Waals surface area contributed by atoms with E-state index in [4.69, 9.17) is 0 Å². The lowest BCUT2D eigenvalue weighted by Gasteiger charge is -2.11. The van der Waals surface area contributed by atoms with Gasteiger partial charge in [0.25, 0.3) is 0 Å². The standard InChI is InChI=1S/C15H20N2O4S/c1-9-11(8-13(16-2)15(18)19)12-7-10(22(4,20)21)5-6-14(12)17(9)3/h5-7,13,16H,8H2,1-4H3,(H,18,19). The van der Waals surface area contributed by atoms with Gasteiger partial charge in [0.05, 0.1) is 4.90 Å². The molecule has 0 amide bonds. The molecular weight excluding hydrogens is 304 g/mol. The van der Waals surface area contributed by atoms with Crippen molar-refractivity contribution < 1.29 is 18.3 Å². The molecule has 0 spiro atoms. The predicted molar refractivity (Wildman–Crippen MR) is 85.0 cm³/mol. The summed E-state index contributed by atoms with van der Waals surface area (Å²) in [7, 11) is 0.178. The van der Waals surface area contributed by atoms with Crippen LogP contribution in [0.3, 0.4) is 0 Å². The Balaban J connectivity index is 2.66. The third-order valence-electron chi connectivity index (χ3n) is 4.08. The molecule has 0 fully saturated rings. The Kier molecular flexibility index (Phi) is 4.30. The summed E-state index contributed by atoms with van der Waals surface area (Å²) in [6.07, 6.45) is 1.46. The lowest BCUT2D eigenvalue weighted by molar-refractivity contribution is -0.139. The van der Waals surface area contributed by atoms with E-state index in [0.29, 0.717) is 6.42 Å². The number of benzene rings is 1. The second-order valence-electron chi connectivity index (χ2n) is 5.46. The van der Waals surface area contributed by atoms with Crippen molar-refractivity contribution in [3.05, 3.63) is 29.5 Å².